The molecule has 0 heterocycles. The third kappa shape index (κ3) is 3.82. The van der Waals surface area contributed by atoms with E-state index in [-0.39, 0.29) is 5.91 Å². The molecular formula is C12H26N2O. The summed E-state index contributed by atoms with van der Waals surface area (Å²) < 4.78 is 0. The van der Waals surface area contributed by atoms with Gasteiger partial charge in [0.25, 0.3) is 0 Å². The SMILES string of the molecule is CCC(C)CN(C)C(=O)C(N)(CC)CC. The lowest BCUT2D eigenvalue weighted by molar-refractivity contribution is -0.136. The first kappa shape index (κ1) is 14.4. The van der Waals surface area contributed by atoms with Crippen LogP contribution in [-0.2, 0) is 4.79 Å². The van der Waals surface area contributed by atoms with Crippen LogP contribution in [0.15, 0.2) is 0 Å². The van der Waals surface area contributed by atoms with Gasteiger partial charge in [0.2, 0.25) is 5.91 Å². The molecule has 1 unspecified atom stereocenters. The summed E-state index contributed by atoms with van der Waals surface area (Å²) in [6.45, 7) is 9.03. The third-order valence-corrected chi connectivity index (χ3v) is 3.32. The zero-order valence-electron chi connectivity index (χ0n) is 10.8. The second kappa shape index (κ2) is 6.11. The topological polar surface area (TPSA) is 46.3 Å². The van der Waals surface area contributed by atoms with E-state index in [1.54, 1.807) is 4.90 Å². The maximum absolute atomic E-state index is 12.1. The van der Waals surface area contributed by atoms with Gasteiger partial charge in [0.05, 0.1) is 5.54 Å². The van der Waals surface area contributed by atoms with Crippen molar-refractivity contribution in [1.29, 1.82) is 0 Å². The first-order valence-corrected chi connectivity index (χ1v) is 5.95. The molecular weight excluding hydrogens is 188 g/mol. The Kier molecular flexibility index (Phi) is 5.88. The summed E-state index contributed by atoms with van der Waals surface area (Å²) in [4.78, 5) is 13.9. The number of carbonyl (C=O) groups excluding carboxylic acids is 1. The maximum atomic E-state index is 12.1. The van der Waals surface area contributed by atoms with Crippen LogP contribution in [0.3, 0.4) is 0 Å². The van der Waals surface area contributed by atoms with Crippen LogP contribution in [0.4, 0.5) is 0 Å². The molecule has 0 aromatic carbocycles. The van der Waals surface area contributed by atoms with Crippen LogP contribution in [0, 0.1) is 5.92 Å². The van der Waals surface area contributed by atoms with Gasteiger partial charge in [-0.2, -0.15) is 0 Å². The van der Waals surface area contributed by atoms with Gasteiger partial charge >= 0.3 is 0 Å². The lowest BCUT2D eigenvalue weighted by Gasteiger charge is -2.32. The third-order valence-electron chi connectivity index (χ3n) is 3.32. The number of nitrogens with two attached hydrogens (primary N) is 1. The Balaban J connectivity index is 4.42. The van der Waals surface area contributed by atoms with E-state index in [1.165, 1.54) is 0 Å². The Morgan fingerprint density at radius 2 is 1.80 bits per heavy atom. The molecule has 0 aromatic heterocycles. The minimum absolute atomic E-state index is 0.0767. The molecule has 3 nitrogen and oxygen atoms in total. The highest BCUT2D eigenvalue weighted by Crippen LogP contribution is 2.15. The molecule has 0 aliphatic carbocycles. The Hall–Kier alpha value is -0.570. The fourth-order valence-corrected chi connectivity index (χ4v) is 1.61. The van der Waals surface area contributed by atoms with Crippen molar-refractivity contribution in [2.24, 2.45) is 11.7 Å². The summed E-state index contributed by atoms with van der Waals surface area (Å²) >= 11 is 0. The molecule has 0 saturated heterocycles. The Labute approximate surface area is 94.0 Å². The molecule has 90 valence electrons. The van der Waals surface area contributed by atoms with E-state index in [0.717, 1.165) is 13.0 Å². The first-order chi connectivity index (χ1) is 6.91. The standard InChI is InChI=1S/C12H26N2O/c1-6-10(4)9-14(5)11(15)12(13,7-2)8-3/h10H,6-9,13H2,1-5H3. The van der Waals surface area contributed by atoms with Crippen molar-refractivity contribution in [2.75, 3.05) is 13.6 Å². The van der Waals surface area contributed by atoms with Crippen molar-refractivity contribution in [3.63, 3.8) is 0 Å². The van der Waals surface area contributed by atoms with Crippen molar-refractivity contribution in [1.82, 2.24) is 4.90 Å². The van der Waals surface area contributed by atoms with Gasteiger partial charge in [0, 0.05) is 13.6 Å². The minimum Gasteiger partial charge on any atom is -0.344 e. The van der Waals surface area contributed by atoms with Gasteiger partial charge in [0.15, 0.2) is 0 Å². The summed E-state index contributed by atoms with van der Waals surface area (Å²) in [7, 11) is 1.85. The van der Waals surface area contributed by atoms with Gasteiger partial charge in [-0.3, -0.25) is 4.79 Å². The van der Waals surface area contributed by atoms with E-state index in [2.05, 4.69) is 13.8 Å². The number of hydrogen-bond donors (Lipinski definition) is 1. The monoisotopic (exact) mass is 214 g/mol. The molecule has 1 atom stereocenters. The fourth-order valence-electron chi connectivity index (χ4n) is 1.61. The quantitative estimate of drug-likeness (QED) is 0.735. The molecule has 0 spiro atoms. The Morgan fingerprint density at radius 1 is 1.33 bits per heavy atom. The van der Waals surface area contributed by atoms with Crippen LogP contribution < -0.4 is 5.73 Å². The van der Waals surface area contributed by atoms with E-state index < -0.39 is 5.54 Å². The van der Waals surface area contributed by atoms with Gasteiger partial charge in [-0.25, -0.2) is 0 Å². The second-order valence-corrected chi connectivity index (χ2v) is 4.56. The van der Waals surface area contributed by atoms with Crippen LogP contribution in [0.1, 0.15) is 47.0 Å². The van der Waals surface area contributed by atoms with Gasteiger partial charge in [-0.1, -0.05) is 34.1 Å². The second-order valence-electron chi connectivity index (χ2n) is 4.56. The van der Waals surface area contributed by atoms with E-state index >= 15 is 0 Å². The highest BCUT2D eigenvalue weighted by molar-refractivity contribution is 5.85. The van der Waals surface area contributed by atoms with Gasteiger partial charge in [-0.15, -0.1) is 0 Å². The fraction of sp³-hybridized carbons (Fsp3) is 0.917. The Bertz CT molecular complexity index is 200. The highest BCUT2D eigenvalue weighted by Gasteiger charge is 2.32. The molecule has 1 amide bonds. The maximum Gasteiger partial charge on any atom is 0.242 e. The van der Waals surface area contributed by atoms with Gasteiger partial charge < -0.3 is 10.6 Å². The highest BCUT2D eigenvalue weighted by atomic mass is 16.2. The molecule has 15 heavy (non-hydrogen) atoms. The largest absolute Gasteiger partial charge is 0.344 e. The van der Waals surface area contributed by atoms with Crippen molar-refractivity contribution in [3.05, 3.63) is 0 Å². The Morgan fingerprint density at radius 3 is 2.13 bits per heavy atom. The average molecular weight is 214 g/mol. The molecule has 0 aliphatic heterocycles. The number of carbonyl (C=O) groups is 1. The van der Waals surface area contributed by atoms with Crippen LogP contribution in [0.25, 0.3) is 0 Å². The van der Waals surface area contributed by atoms with E-state index in [0.29, 0.717) is 18.8 Å². The summed E-state index contributed by atoms with van der Waals surface area (Å²) in [5, 5.41) is 0. The summed E-state index contributed by atoms with van der Waals surface area (Å²) in [6.07, 6.45) is 2.49. The van der Waals surface area contributed by atoms with Gasteiger partial charge in [-0.05, 0) is 18.8 Å². The molecule has 0 fully saturated rings. The first-order valence-electron chi connectivity index (χ1n) is 5.95. The molecule has 0 aliphatic rings. The molecule has 2 N–H and O–H groups in total. The number of hydrogen-bond acceptors (Lipinski definition) is 2. The van der Waals surface area contributed by atoms with Crippen LogP contribution in [0.5, 0.6) is 0 Å². The van der Waals surface area contributed by atoms with Crippen molar-refractivity contribution >= 4 is 5.91 Å². The predicted molar refractivity (Wildman–Crippen MR) is 64.6 cm³/mol. The normalized spacial score (nSPS) is 13.7. The van der Waals surface area contributed by atoms with E-state index in [4.69, 9.17) is 5.73 Å². The lowest BCUT2D eigenvalue weighted by Crippen LogP contribution is -2.54. The zero-order valence-corrected chi connectivity index (χ0v) is 10.8. The molecule has 0 saturated carbocycles. The van der Waals surface area contributed by atoms with Crippen LogP contribution in [-0.4, -0.2) is 29.9 Å². The average Bonchev–Trinajstić information content (AvgIpc) is 2.26. The van der Waals surface area contributed by atoms with Crippen LogP contribution >= 0.6 is 0 Å². The summed E-state index contributed by atoms with van der Waals surface area (Å²) in [5.74, 6) is 0.615. The number of nitrogens with zero attached hydrogens (tertiary/aromatic N) is 1. The molecule has 0 aromatic rings. The number of amides is 1. The lowest BCUT2D eigenvalue weighted by atomic mass is 9.92. The molecule has 3 heteroatoms. The van der Waals surface area contributed by atoms with Crippen molar-refractivity contribution in [3.8, 4) is 0 Å². The van der Waals surface area contributed by atoms with Crippen molar-refractivity contribution in [2.45, 2.75) is 52.5 Å². The molecule has 0 rings (SSSR count). The molecule has 0 bridgehead atoms. The van der Waals surface area contributed by atoms with Crippen molar-refractivity contribution < 1.29 is 4.79 Å². The molecule has 0 radical (unpaired) electrons. The van der Waals surface area contributed by atoms with E-state index in [9.17, 15) is 4.79 Å². The predicted octanol–water partition coefficient (Wildman–Crippen LogP) is 2.01. The van der Waals surface area contributed by atoms with E-state index in [1.807, 2.05) is 20.9 Å². The van der Waals surface area contributed by atoms with Crippen LogP contribution in [0.2, 0.25) is 0 Å². The summed E-state index contributed by atoms with van der Waals surface area (Å²) in [5.41, 5.74) is 5.40. The smallest absolute Gasteiger partial charge is 0.242 e. The number of rotatable bonds is 6. The number of likely N-dealkylation sites (N-methyl/N-ethyl adjacent to an activating group) is 1. The zero-order chi connectivity index (χ0) is 12.1. The minimum atomic E-state index is -0.664. The van der Waals surface area contributed by atoms with Gasteiger partial charge in [0.1, 0.15) is 0 Å². The summed E-state index contributed by atoms with van der Waals surface area (Å²) in [6, 6.07) is 0.